The van der Waals surface area contributed by atoms with Crippen LogP contribution in [0.4, 0.5) is 5.69 Å². The lowest BCUT2D eigenvalue weighted by Gasteiger charge is -2.25. The van der Waals surface area contributed by atoms with E-state index in [9.17, 15) is 14.7 Å². The van der Waals surface area contributed by atoms with E-state index in [1.807, 2.05) is 18.2 Å². The summed E-state index contributed by atoms with van der Waals surface area (Å²) in [5.41, 5.74) is 1.44. The molecular formula is C25H20ClNO5. The molecule has 0 bridgehead atoms. The Kier molecular flexibility index (Phi) is 5.88. The molecule has 1 heterocycles. The number of anilines is 1. The van der Waals surface area contributed by atoms with Gasteiger partial charge in [0.05, 0.1) is 25.8 Å². The van der Waals surface area contributed by atoms with E-state index in [4.69, 9.17) is 21.1 Å². The third-order valence-corrected chi connectivity index (χ3v) is 5.54. The summed E-state index contributed by atoms with van der Waals surface area (Å²) in [5.74, 6) is -0.975. The molecule has 1 aliphatic heterocycles. The molecule has 162 valence electrons. The number of ether oxygens (including phenoxy) is 2. The number of amides is 1. The van der Waals surface area contributed by atoms with Gasteiger partial charge in [0.15, 0.2) is 11.5 Å². The van der Waals surface area contributed by atoms with Gasteiger partial charge in [-0.25, -0.2) is 0 Å². The standard InChI is InChI=1S/C25H20ClNO5/c1-31-19-12-11-16(13-20(19)32-2)23(28)21-22(15-7-4-3-5-8-15)27(25(30)24(21)29)18-10-6-9-17(26)14-18/h3-14,22,28H,1-2H3/b23-21+. The SMILES string of the molecule is COc1ccc(/C(O)=C2\C(=O)C(=O)N(c3cccc(Cl)c3)C2c2ccccc2)cc1OC. The normalized spacial score (nSPS) is 17.5. The number of nitrogens with zero attached hydrogens (tertiary/aromatic N) is 1. The minimum absolute atomic E-state index is 0.0200. The van der Waals surface area contributed by atoms with Gasteiger partial charge in [-0.05, 0) is 42.0 Å². The maximum Gasteiger partial charge on any atom is 0.300 e. The molecule has 1 atom stereocenters. The summed E-state index contributed by atoms with van der Waals surface area (Å²) in [6.07, 6.45) is 0. The molecular weight excluding hydrogens is 430 g/mol. The molecule has 1 N–H and O–H groups in total. The van der Waals surface area contributed by atoms with E-state index >= 15 is 0 Å². The number of hydrogen-bond donors (Lipinski definition) is 1. The molecule has 4 rings (SSSR count). The zero-order valence-corrected chi connectivity index (χ0v) is 18.2. The van der Waals surface area contributed by atoms with Gasteiger partial charge in [0.25, 0.3) is 11.7 Å². The van der Waals surface area contributed by atoms with Crippen LogP contribution in [0.2, 0.25) is 5.02 Å². The lowest BCUT2D eigenvalue weighted by molar-refractivity contribution is -0.132. The van der Waals surface area contributed by atoms with Crippen molar-refractivity contribution in [2.75, 3.05) is 19.1 Å². The molecule has 0 radical (unpaired) electrons. The molecule has 0 aliphatic carbocycles. The van der Waals surface area contributed by atoms with Crippen molar-refractivity contribution in [2.45, 2.75) is 6.04 Å². The fourth-order valence-electron chi connectivity index (χ4n) is 3.81. The Morgan fingerprint density at radius 3 is 2.28 bits per heavy atom. The molecule has 1 fully saturated rings. The summed E-state index contributed by atoms with van der Waals surface area (Å²) in [4.78, 5) is 27.6. The van der Waals surface area contributed by atoms with Crippen molar-refractivity contribution < 1.29 is 24.2 Å². The Hall–Kier alpha value is -3.77. The fourth-order valence-corrected chi connectivity index (χ4v) is 4.00. The monoisotopic (exact) mass is 449 g/mol. The van der Waals surface area contributed by atoms with Gasteiger partial charge in [-0.15, -0.1) is 0 Å². The topological polar surface area (TPSA) is 76.1 Å². The van der Waals surface area contributed by atoms with Crippen LogP contribution in [0.25, 0.3) is 5.76 Å². The van der Waals surface area contributed by atoms with Crippen molar-refractivity contribution in [2.24, 2.45) is 0 Å². The average Bonchev–Trinajstić information content (AvgIpc) is 3.09. The highest BCUT2D eigenvalue weighted by molar-refractivity contribution is 6.51. The van der Waals surface area contributed by atoms with Crippen LogP contribution in [0.5, 0.6) is 11.5 Å². The number of Topliss-reactive ketones (excluding diaryl/α,β-unsaturated/α-hetero) is 1. The third-order valence-electron chi connectivity index (χ3n) is 5.30. The summed E-state index contributed by atoms with van der Waals surface area (Å²) in [5, 5.41) is 11.6. The van der Waals surface area contributed by atoms with E-state index < -0.39 is 17.7 Å². The number of carbonyl (C=O) groups excluding carboxylic acids is 2. The Morgan fingerprint density at radius 1 is 0.906 bits per heavy atom. The number of carbonyl (C=O) groups is 2. The van der Waals surface area contributed by atoms with Gasteiger partial charge in [-0.2, -0.15) is 0 Å². The number of methoxy groups -OCH3 is 2. The molecule has 32 heavy (non-hydrogen) atoms. The van der Waals surface area contributed by atoms with Crippen LogP contribution < -0.4 is 14.4 Å². The second-order valence-corrected chi connectivity index (χ2v) is 7.57. The number of rotatable bonds is 5. The molecule has 6 nitrogen and oxygen atoms in total. The van der Waals surface area contributed by atoms with Crippen molar-refractivity contribution in [3.8, 4) is 11.5 Å². The van der Waals surface area contributed by atoms with Crippen LogP contribution in [0, 0.1) is 0 Å². The summed E-state index contributed by atoms with van der Waals surface area (Å²) in [6.45, 7) is 0. The Labute approximate surface area is 190 Å². The lowest BCUT2D eigenvalue weighted by atomic mass is 9.95. The van der Waals surface area contributed by atoms with Gasteiger partial charge in [-0.3, -0.25) is 14.5 Å². The van der Waals surface area contributed by atoms with E-state index in [0.717, 1.165) is 0 Å². The van der Waals surface area contributed by atoms with Gasteiger partial charge in [0, 0.05) is 16.3 Å². The maximum absolute atomic E-state index is 13.2. The van der Waals surface area contributed by atoms with Crippen molar-refractivity contribution in [1.29, 1.82) is 0 Å². The highest BCUT2D eigenvalue weighted by Gasteiger charge is 2.47. The summed E-state index contributed by atoms with van der Waals surface area (Å²) in [6, 6.07) is 19.7. The predicted octanol–water partition coefficient (Wildman–Crippen LogP) is 4.98. The number of halogens is 1. The maximum atomic E-state index is 13.2. The Balaban J connectivity index is 1.93. The van der Waals surface area contributed by atoms with E-state index in [1.165, 1.54) is 19.1 Å². The first kappa shape index (κ1) is 21.5. The first-order valence-corrected chi connectivity index (χ1v) is 10.2. The largest absolute Gasteiger partial charge is 0.507 e. The highest BCUT2D eigenvalue weighted by atomic mass is 35.5. The molecule has 0 spiro atoms. The molecule has 1 amide bonds. The summed E-state index contributed by atoms with van der Waals surface area (Å²) < 4.78 is 10.6. The van der Waals surface area contributed by atoms with Gasteiger partial charge >= 0.3 is 0 Å². The molecule has 1 unspecified atom stereocenters. The Bertz CT molecular complexity index is 1220. The van der Waals surface area contributed by atoms with Gasteiger partial charge in [0.2, 0.25) is 0 Å². The molecule has 1 aliphatic rings. The van der Waals surface area contributed by atoms with Gasteiger partial charge in [-0.1, -0.05) is 48.0 Å². The molecule has 1 saturated heterocycles. The molecule has 3 aromatic carbocycles. The minimum Gasteiger partial charge on any atom is -0.507 e. The highest BCUT2D eigenvalue weighted by Crippen LogP contribution is 2.43. The number of benzene rings is 3. The van der Waals surface area contributed by atoms with Crippen LogP contribution in [-0.4, -0.2) is 31.0 Å². The zero-order chi connectivity index (χ0) is 22.8. The molecule has 0 aromatic heterocycles. The van der Waals surface area contributed by atoms with E-state index in [0.29, 0.717) is 33.3 Å². The van der Waals surface area contributed by atoms with E-state index in [2.05, 4.69) is 0 Å². The van der Waals surface area contributed by atoms with Crippen molar-refractivity contribution in [3.63, 3.8) is 0 Å². The number of ketones is 1. The van der Waals surface area contributed by atoms with Crippen LogP contribution in [-0.2, 0) is 9.59 Å². The first-order chi connectivity index (χ1) is 15.5. The van der Waals surface area contributed by atoms with Crippen molar-refractivity contribution in [1.82, 2.24) is 0 Å². The fraction of sp³-hybridized carbons (Fsp3) is 0.120. The predicted molar refractivity (Wildman–Crippen MR) is 122 cm³/mol. The smallest absolute Gasteiger partial charge is 0.300 e. The second-order valence-electron chi connectivity index (χ2n) is 7.13. The zero-order valence-electron chi connectivity index (χ0n) is 17.4. The quantitative estimate of drug-likeness (QED) is 0.337. The van der Waals surface area contributed by atoms with Crippen LogP contribution in [0.3, 0.4) is 0 Å². The third kappa shape index (κ3) is 3.69. The van der Waals surface area contributed by atoms with E-state index in [-0.39, 0.29) is 11.3 Å². The molecule has 3 aromatic rings. The van der Waals surface area contributed by atoms with Crippen LogP contribution in [0.15, 0.2) is 78.4 Å². The van der Waals surface area contributed by atoms with Crippen molar-refractivity contribution in [3.05, 3.63) is 94.5 Å². The summed E-state index contributed by atoms with van der Waals surface area (Å²) >= 11 is 6.15. The van der Waals surface area contributed by atoms with E-state index in [1.54, 1.807) is 54.6 Å². The van der Waals surface area contributed by atoms with Crippen molar-refractivity contribution >= 4 is 34.7 Å². The first-order valence-electron chi connectivity index (χ1n) is 9.80. The van der Waals surface area contributed by atoms with Gasteiger partial charge < -0.3 is 14.6 Å². The van der Waals surface area contributed by atoms with Crippen LogP contribution in [0.1, 0.15) is 17.2 Å². The summed E-state index contributed by atoms with van der Waals surface area (Å²) in [7, 11) is 2.98. The molecule has 0 saturated carbocycles. The average molecular weight is 450 g/mol. The minimum atomic E-state index is -0.831. The Morgan fingerprint density at radius 2 is 1.62 bits per heavy atom. The number of hydrogen-bond acceptors (Lipinski definition) is 5. The van der Waals surface area contributed by atoms with Gasteiger partial charge in [0.1, 0.15) is 5.76 Å². The van der Waals surface area contributed by atoms with Crippen LogP contribution >= 0.6 is 11.6 Å². The number of aliphatic hydroxyl groups is 1. The molecule has 7 heteroatoms. The lowest BCUT2D eigenvalue weighted by Crippen LogP contribution is -2.29. The second kappa shape index (κ2) is 8.77. The number of aliphatic hydroxyl groups excluding tert-OH is 1.